The maximum Gasteiger partial charge on any atom is 0.314 e. The molecule has 0 saturated carbocycles. The molecular formula is C19H17FN6O3. The summed E-state index contributed by atoms with van der Waals surface area (Å²) in [6.45, 7) is 1.48. The molecule has 9 nitrogen and oxygen atoms in total. The number of amides is 1. The second-order valence-electron chi connectivity index (χ2n) is 6.70. The molecule has 10 heteroatoms. The van der Waals surface area contributed by atoms with Crippen LogP contribution in [-0.2, 0) is 11.2 Å². The number of nitrogens with zero attached hydrogens (tertiary/aromatic N) is 4. The van der Waals surface area contributed by atoms with Gasteiger partial charge in [0.25, 0.3) is 0 Å². The highest BCUT2D eigenvalue weighted by molar-refractivity contribution is 5.74. The van der Waals surface area contributed by atoms with Crippen LogP contribution in [0.4, 0.5) is 21.6 Å². The lowest BCUT2D eigenvalue weighted by Crippen LogP contribution is -2.24. The van der Waals surface area contributed by atoms with Gasteiger partial charge in [-0.05, 0) is 42.2 Å². The number of carbonyl (C=O) groups excluding carboxylic acids is 1. The van der Waals surface area contributed by atoms with Gasteiger partial charge in [-0.2, -0.15) is 5.10 Å². The SMILES string of the molecule is CC(=O)NC1CCc2cc(Nc3nc(-n4cccn4)c(F)cc3[N+](=O)[O-])ccc21. The van der Waals surface area contributed by atoms with Gasteiger partial charge in [-0.3, -0.25) is 14.9 Å². The van der Waals surface area contributed by atoms with Gasteiger partial charge in [0, 0.05) is 25.0 Å². The molecule has 1 aromatic carbocycles. The third-order valence-corrected chi connectivity index (χ3v) is 4.72. The third kappa shape index (κ3) is 3.64. The lowest BCUT2D eigenvalue weighted by molar-refractivity contribution is -0.384. The van der Waals surface area contributed by atoms with Crippen LogP contribution in [-0.4, -0.2) is 25.6 Å². The van der Waals surface area contributed by atoms with E-state index >= 15 is 0 Å². The summed E-state index contributed by atoms with van der Waals surface area (Å²) < 4.78 is 15.5. The van der Waals surface area contributed by atoms with E-state index in [1.54, 1.807) is 12.1 Å². The Hall–Kier alpha value is -3.82. The van der Waals surface area contributed by atoms with Gasteiger partial charge in [0.1, 0.15) is 0 Å². The molecule has 1 aliphatic rings. The van der Waals surface area contributed by atoms with Crippen LogP contribution >= 0.6 is 0 Å². The van der Waals surface area contributed by atoms with Crippen LogP contribution in [0.2, 0.25) is 0 Å². The predicted octanol–water partition coefficient (Wildman–Crippen LogP) is 3.18. The summed E-state index contributed by atoms with van der Waals surface area (Å²) in [7, 11) is 0. The quantitative estimate of drug-likeness (QED) is 0.506. The average Bonchev–Trinajstić information content (AvgIpc) is 3.32. The number of rotatable bonds is 5. The van der Waals surface area contributed by atoms with Gasteiger partial charge in [0.05, 0.1) is 17.0 Å². The zero-order valence-electron chi connectivity index (χ0n) is 15.4. The van der Waals surface area contributed by atoms with Crippen LogP contribution in [0.1, 0.15) is 30.5 Å². The summed E-state index contributed by atoms with van der Waals surface area (Å²) in [5, 5.41) is 21.2. The number of carbonyl (C=O) groups is 1. The van der Waals surface area contributed by atoms with Gasteiger partial charge in [-0.15, -0.1) is 0 Å². The molecule has 0 radical (unpaired) electrons. The van der Waals surface area contributed by atoms with E-state index in [1.807, 2.05) is 12.1 Å². The maximum atomic E-state index is 14.3. The predicted molar refractivity (Wildman–Crippen MR) is 103 cm³/mol. The summed E-state index contributed by atoms with van der Waals surface area (Å²) >= 11 is 0. The first-order valence-corrected chi connectivity index (χ1v) is 8.94. The van der Waals surface area contributed by atoms with E-state index < -0.39 is 16.4 Å². The smallest absolute Gasteiger partial charge is 0.314 e. The van der Waals surface area contributed by atoms with Crippen molar-refractivity contribution in [3.8, 4) is 5.82 Å². The van der Waals surface area contributed by atoms with Gasteiger partial charge in [-0.25, -0.2) is 14.1 Å². The molecule has 4 rings (SSSR count). The second-order valence-corrected chi connectivity index (χ2v) is 6.70. The fourth-order valence-corrected chi connectivity index (χ4v) is 3.48. The van der Waals surface area contributed by atoms with Crippen molar-refractivity contribution in [2.45, 2.75) is 25.8 Å². The molecule has 0 aliphatic heterocycles. The van der Waals surface area contributed by atoms with Crippen molar-refractivity contribution in [3.63, 3.8) is 0 Å². The minimum atomic E-state index is -0.849. The number of hydrogen-bond acceptors (Lipinski definition) is 6. The molecule has 29 heavy (non-hydrogen) atoms. The Morgan fingerprint density at radius 3 is 2.90 bits per heavy atom. The normalized spacial score (nSPS) is 15.0. The first-order chi connectivity index (χ1) is 13.9. The lowest BCUT2D eigenvalue weighted by Gasteiger charge is -2.14. The van der Waals surface area contributed by atoms with E-state index in [0.29, 0.717) is 5.69 Å². The van der Waals surface area contributed by atoms with Crippen LogP contribution in [0.5, 0.6) is 0 Å². The van der Waals surface area contributed by atoms with E-state index in [2.05, 4.69) is 20.7 Å². The molecule has 1 atom stereocenters. The Morgan fingerprint density at radius 1 is 1.38 bits per heavy atom. The molecule has 1 aliphatic carbocycles. The molecule has 148 valence electrons. The van der Waals surface area contributed by atoms with Gasteiger partial charge in [0.15, 0.2) is 11.6 Å². The monoisotopic (exact) mass is 396 g/mol. The van der Waals surface area contributed by atoms with E-state index in [0.717, 1.165) is 30.0 Å². The number of aromatic nitrogens is 3. The molecule has 3 aromatic rings. The molecule has 0 saturated heterocycles. The highest BCUT2D eigenvalue weighted by Crippen LogP contribution is 2.35. The highest BCUT2D eigenvalue weighted by Gasteiger charge is 2.25. The Kier molecular flexibility index (Phi) is 4.67. The number of fused-ring (bicyclic) bond motifs is 1. The minimum absolute atomic E-state index is 0.0405. The van der Waals surface area contributed by atoms with E-state index in [4.69, 9.17) is 0 Å². The number of nitro groups is 1. The third-order valence-electron chi connectivity index (χ3n) is 4.72. The Morgan fingerprint density at radius 2 is 2.21 bits per heavy atom. The number of hydrogen-bond donors (Lipinski definition) is 2. The van der Waals surface area contributed by atoms with Gasteiger partial charge in [-0.1, -0.05) is 6.07 Å². The van der Waals surface area contributed by atoms with Crippen LogP contribution in [0, 0.1) is 15.9 Å². The minimum Gasteiger partial charge on any atom is -0.350 e. The topological polar surface area (TPSA) is 115 Å². The number of benzene rings is 1. The Balaban J connectivity index is 1.68. The number of anilines is 2. The zero-order chi connectivity index (χ0) is 20.5. The average molecular weight is 396 g/mol. The first kappa shape index (κ1) is 18.5. The summed E-state index contributed by atoms with van der Waals surface area (Å²) in [6, 6.07) is 7.87. The zero-order valence-corrected chi connectivity index (χ0v) is 15.4. The van der Waals surface area contributed by atoms with E-state index in [9.17, 15) is 19.3 Å². The molecule has 1 amide bonds. The second kappa shape index (κ2) is 7.30. The van der Waals surface area contributed by atoms with Crippen molar-refractivity contribution in [1.82, 2.24) is 20.1 Å². The summed E-state index contributed by atoms with van der Waals surface area (Å²) in [6.07, 6.45) is 4.52. The fraction of sp³-hybridized carbons (Fsp3) is 0.211. The molecule has 0 bridgehead atoms. The Bertz CT molecular complexity index is 1100. The molecule has 2 heterocycles. The van der Waals surface area contributed by atoms with Crippen molar-refractivity contribution in [1.29, 1.82) is 0 Å². The van der Waals surface area contributed by atoms with Crippen LogP contribution in [0.3, 0.4) is 0 Å². The molecule has 1 unspecified atom stereocenters. The summed E-state index contributed by atoms with van der Waals surface area (Å²) in [5.41, 5.74) is 2.16. The number of pyridine rings is 1. The molecular weight excluding hydrogens is 379 g/mol. The van der Waals surface area contributed by atoms with Crippen molar-refractivity contribution in [3.05, 3.63) is 69.8 Å². The van der Waals surface area contributed by atoms with Crippen LogP contribution < -0.4 is 10.6 Å². The summed E-state index contributed by atoms with van der Waals surface area (Å²) in [4.78, 5) is 26.1. The largest absolute Gasteiger partial charge is 0.350 e. The van der Waals surface area contributed by atoms with Gasteiger partial charge >= 0.3 is 5.69 Å². The standard InChI is InChI=1S/C19H17FN6O3/c1-11(27)22-16-6-3-12-9-13(4-5-14(12)16)23-18-17(26(28)29)10-15(20)19(24-18)25-8-2-7-21-25/h2,4-5,7-10,16H,3,6H2,1H3,(H,22,27)(H,23,24). The number of aryl methyl sites for hydroxylation is 1. The molecule has 2 aromatic heterocycles. The van der Waals surface area contributed by atoms with E-state index in [-0.39, 0.29) is 23.6 Å². The highest BCUT2D eigenvalue weighted by atomic mass is 19.1. The fourth-order valence-electron chi connectivity index (χ4n) is 3.48. The van der Waals surface area contributed by atoms with Crippen LogP contribution in [0.25, 0.3) is 5.82 Å². The summed E-state index contributed by atoms with van der Waals surface area (Å²) in [5.74, 6) is -1.17. The van der Waals surface area contributed by atoms with Crippen molar-refractivity contribution in [2.75, 3.05) is 5.32 Å². The van der Waals surface area contributed by atoms with E-state index in [1.165, 1.54) is 24.0 Å². The number of halogens is 1. The molecule has 0 spiro atoms. The van der Waals surface area contributed by atoms with Crippen molar-refractivity contribution >= 4 is 23.1 Å². The first-order valence-electron chi connectivity index (χ1n) is 8.94. The van der Waals surface area contributed by atoms with Crippen molar-refractivity contribution in [2.24, 2.45) is 0 Å². The molecule has 2 N–H and O–H groups in total. The van der Waals surface area contributed by atoms with Gasteiger partial charge < -0.3 is 10.6 Å². The maximum absolute atomic E-state index is 14.3. The lowest BCUT2D eigenvalue weighted by atomic mass is 10.1. The molecule has 0 fully saturated rings. The van der Waals surface area contributed by atoms with Gasteiger partial charge in [0.2, 0.25) is 11.7 Å². The van der Waals surface area contributed by atoms with Crippen molar-refractivity contribution < 1.29 is 14.1 Å². The Labute approximate surface area is 164 Å². The number of nitrogens with one attached hydrogen (secondary N) is 2. The van der Waals surface area contributed by atoms with Crippen LogP contribution in [0.15, 0.2) is 42.7 Å².